The van der Waals surface area contributed by atoms with E-state index >= 15 is 0 Å². The van der Waals surface area contributed by atoms with E-state index in [1.54, 1.807) is 0 Å². The fourth-order valence-corrected chi connectivity index (χ4v) is 2.38. The van der Waals surface area contributed by atoms with Crippen molar-refractivity contribution in [3.8, 4) is 0 Å². The predicted octanol–water partition coefficient (Wildman–Crippen LogP) is 2.31. The van der Waals surface area contributed by atoms with Crippen LogP contribution in [0.1, 0.15) is 17.8 Å². The summed E-state index contributed by atoms with van der Waals surface area (Å²) < 4.78 is 0. The van der Waals surface area contributed by atoms with Crippen LogP contribution in [-0.2, 0) is 0 Å². The normalized spacial score (nSPS) is 21.0. The van der Waals surface area contributed by atoms with Crippen LogP contribution in [0.5, 0.6) is 0 Å². The lowest BCUT2D eigenvalue weighted by molar-refractivity contribution is 0.675. The van der Waals surface area contributed by atoms with Gasteiger partial charge >= 0.3 is 0 Å². The molecule has 1 saturated heterocycles. The van der Waals surface area contributed by atoms with E-state index < -0.39 is 0 Å². The molecule has 1 fully saturated rings. The molecule has 15 heavy (non-hydrogen) atoms. The van der Waals surface area contributed by atoms with Gasteiger partial charge in [0.1, 0.15) is 5.82 Å². The number of aryl methyl sites for hydroxylation is 2. The number of halogens is 1. The van der Waals surface area contributed by atoms with E-state index in [4.69, 9.17) is 0 Å². The summed E-state index contributed by atoms with van der Waals surface area (Å²) >= 11 is 3.54. The summed E-state index contributed by atoms with van der Waals surface area (Å²) in [7, 11) is 0. The molecular weight excluding hydrogens is 254 g/mol. The standard InChI is InChI=1S/C11H16BrN3/c1-8-9(2)14-11(6-13-8)15-4-3-10(5-12)7-15/h6,10H,3-5,7H2,1-2H3. The number of alkyl halides is 1. The van der Waals surface area contributed by atoms with Gasteiger partial charge in [-0.3, -0.25) is 4.98 Å². The van der Waals surface area contributed by atoms with Crippen molar-refractivity contribution in [2.24, 2.45) is 5.92 Å². The summed E-state index contributed by atoms with van der Waals surface area (Å²) in [4.78, 5) is 11.3. The summed E-state index contributed by atoms with van der Waals surface area (Å²) in [6.45, 7) is 6.22. The Balaban J connectivity index is 2.13. The molecular formula is C11H16BrN3. The van der Waals surface area contributed by atoms with E-state index in [1.165, 1.54) is 6.42 Å². The first-order chi connectivity index (χ1) is 7.20. The second kappa shape index (κ2) is 4.47. The van der Waals surface area contributed by atoms with Crippen molar-refractivity contribution in [3.05, 3.63) is 17.6 Å². The highest BCUT2D eigenvalue weighted by Crippen LogP contribution is 2.23. The number of nitrogens with zero attached hydrogens (tertiary/aromatic N) is 3. The molecule has 0 saturated carbocycles. The maximum Gasteiger partial charge on any atom is 0.147 e. The lowest BCUT2D eigenvalue weighted by atomic mass is 10.2. The third kappa shape index (κ3) is 2.30. The van der Waals surface area contributed by atoms with Crippen molar-refractivity contribution in [1.82, 2.24) is 9.97 Å². The van der Waals surface area contributed by atoms with E-state index in [1.807, 2.05) is 20.0 Å². The van der Waals surface area contributed by atoms with E-state index in [-0.39, 0.29) is 0 Å². The molecule has 1 atom stereocenters. The van der Waals surface area contributed by atoms with Gasteiger partial charge in [-0.05, 0) is 26.2 Å². The van der Waals surface area contributed by atoms with E-state index in [0.29, 0.717) is 0 Å². The molecule has 2 heterocycles. The van der Waals surface area contributed by atoms with Gasteiger partial charge in [0.2, 0.25) is 0 Å². The minimum absolute atomic E-state index is 0.758. The molecule has 0 bridgehead atoms. The number of rotatable bonds is 2. The molecule has 3 nitrogen and oxygen atoms in total. The van der Waals surface area contributed by atoms with E-state index in [0.717, 1.165) is 41.5 Å². The lowest BCUT2D eigenvalue weighted by Crippen LogP contribution is -2.21. The Hall–Kier alpha value is -0.640. The number of aromatic nitrogens is 2. The zero-order valence-electron chi connectivity index (χ0n) is 9.20. The monoisotopic (exact) mass is 269 g/mol. The molecule has 1 aromatic heterocycles. The van der Waals surface area contributed by atoms with Crippen molar-refractivity contribution in [3.63, 3.8) is 0 Å². The molecule has 4 heteroatoms. The Morgan fingerprint density at radius 3 is 2.87 bits per heavy atom. The maximum absolute atomic E-state index is 4.57. The van der Waals surface area contributed by atoms with Gasteiger partial charge in [-0.15, -0.1) is 0 Å². The average molecular weight is 270 g/mol. The van der Waals surface area contributed by atoms with Gasteiger partial charge in [0, 0.05) is 18.4 Å². The zero-order chi connectivity index (χ0) is 10.8. The first-order valence-corrected chi connectivity index (χ1v) is 6.44. The molecule has 0 aromatic carbocycles. The Kier molecular flexibility index (Phi) is 3.24. The van der Waals surface area contributed by atoms with Crippen LogP contribution >= 0.6 is 15.9 Å². The van der Waals surface area contributed by atoms with Crippen LogP contribution in [0.15, 0.2) is 6.20 Å². The van der Waals surface area contributed by atoms with Gasteiger partial charge in [0.25, 0.3) is 0 Å². The minimum atomic E-state index is 0.758. The highest BCUT2D eigenvalue weighted by Gasteiger charge is 2.22. The molecule has 0 aliphatic carbocycles. The Bertz CT molecular complexity index is 354. The first-order valence-electron chi connectivity index (χ1n) is 5.32. The second-order valence-corrected chi connectivity index (χ2v) is 4.80. The molecule has 82 valence electrons. The quantitative estimate of drug-likeness (QED) is 0.772. The van der Waals surface area contributed by atoms with Crippen LogP contribution in [0.4, 0.5) is 5.82 Å². The average Bonchev–Trinajstić information content (AvgIpc) is 2.70. The molecule has 0 spiro atoms. The van der Waals surface area contributed by atoms with Crippen LogP contribution in [0.25, 0.3) is 0 Å². The van der Waals surface area contributed by atoms with Crippen LogP contribution in [0, 0.1) is 19.8 Å². The van der Waals surface area contributed by atoms with Gasteiger partial charge in [-0.2, -0.15) is 0 Å². The van der Waals surface area contributed by atoms with E-state index in [9.17, 15) is 0 Å². The van der Waals surface area contributed by atoms with Gasteiger partial charge in [0.05, 0.1) is 17.6 Å². The smallest absolute Gasteiger partial charge is 0.147 e. The third-order valence-electron chi connectivity index (χ3n) is 3.01. The van der Waals surface area contributed by atoms with E-state index in [2.05, 4.69) is 30.8 Å². The van der Waals surface area contributed by atoms with Crippen molar-refractivity contribution in [2.75, 3.05) is 23.3 Å². The van der Waals surface area contributed by atoms with Crippen LogP contribution in [0.3, 0.4) is 0 Å². The molecule has 1 unspecified atom stereocenters. The van der Waals surface area contributed by atoms with Crippen LogP contribution in [-0.4, -0.2) is 28.4 Å². The number of anilines is 1. The molecule has 1 aliphatic heterocycles. The van der Waals surface area contributed by atoms with Crippen molar-refractivity contribution in [2.45, 2.75) is 20.3 Å². The highest BCUT2D eigenvalue weighted by atomic mass is 79.9. The molecule has 0 N–H and O–H groups in total. The molecule has 1 aliphatic rings. The maximum atomic E-state index is 4.57. The van der Waals surface area contributed by atoms with Gasteiger partial charge < -0.3 is 4.90 Å². The Labute approximate surface area is 99.0 Å². The van der Waals surface area contributed by atoms with Crippen LogP contribution < -0.4 is 4.90 Å². The van der Waals surface area contributed by atoms with Gasteiger partial charge in [-0.1, -0.05) is 15.9 Å². The van der Waals surface area contributed by atoms with Gasteiger partial charge in [0.15, 0.2) is 0 Å². The summed E-state index contributed by atoms with van der Waals surface area (Å²) in [5, 5.41) is 1.09. The van der Waals surface area contributed by atoms with Crippen molar-refractivity contribution in [1.29, 1.82) is 0 Å². The SMILES string of the molecule is Cc1ncc(N2CCC(CBr)C2)nc1C. The zero-order valence-corrected chi connectivity index (χ0v) is 10.8. The number of hydrogen-bond acceptors (Lipinski definition) is 3. The largest absolute Gasteiger partial charge is 0.355 e. The molecule has 1 aromatic rings. The Morgan fingerprint density at radius 2 is 2.27 bits per heavy atom. The predicted molar refractivity (Wildman–Crippen MR) is 65.6 cm³/mol. The lowest BCUT2D eigenvalue weighted by Gasteiger charge is -2.17. The molecule has 2 rings (SSSR count). The fourth-order valence-electron chi connectivity index (χ4n) is 1.85. The second-order valence-electron chi connectivity index (χ2n) is 4.15. The molecule has 0 amide bonds. The molecule has 0 radical (unpaired) electrons. The fraction of sp³-hybridized carbons (Fsp3) is 0.636. The van der Waals surface area contributed by atoms with Crippen molar-refractivity contribution >= 4 is 21.7 Å². The third-order valence-corrected chi connectivity index (χ3v) is 3.92. The highest BCUT2D eigenvalue weighted by molar-refractivity contribution is 9.09. The van der Waals surface area contributed by atoms with Crippen molar-refractivity contribution < 1.29 is 0 Å². The van der Waals surface area contributed by atoms with Crippen LogP contribution in [0.2, 0.25) is 0 Å². The van der Waals surface area contributed by atoms with Gasteiger partial charge in [-0.25, -0.2) is 4.98 Å². The Morgan fingerprint density at radius 1 is 1.47 bits per heavy atom. The number of hydrogen-bond donors (Lipinski definition) is 0. The summed E-state index contributed by atoms with van der Waals surface area (Å²) in [6.07, 6.45) is 3.14. The first kappa shape index (κ1) is 10.9. The minimum Gasteiger partial charge on any atom is -0.355 e. The summed E-state index contributed by atoms with van der Waals surface area (Å²) in [5.74, 6) is 1.79. The summed E-state index contributed by atoms with van der Waals surface area (Å²) in [5.41, 5.74) is 2.06. The topological polar surface area (TPSA) is 29.0 Å². The summed E-state index contributed by atoms with van der Waals surface area (Å²) in [6, 6.07) is 0.